The molecule has 0 saturated carbocycles. The van der Waals surface area contributed by atoms with Crippen molar-refractivity contribution in [1.82, 2.24) is 19.6 Å². The number of rotatable bonds is 4. The summed E-state index contributed by atoms with van der Waals surface area (Å²) in [6.45, 7) is 2.67. The lowest BCUT2D eigenvalue weighted by Crippen LogP contribution is -2.02. The van der Waals surface area contributed by atoms with Gasteiger partial charge >= 0.3 is 0 Å². The summed E-state index contributed by atoms with van der Waals surface area (Å²) in [6, 6.07) is 7.95. The lowest BCUT2D eigenvalue weighted by atomic mass is 10.1. The van der Waals surface area contributed by atoms with Gasteiger partial charge in [-0.25, -0.2) is 0 Å². The van der Waals surface area contributed by atoms with Crippen LogP contribution in [0.2, 0.25) is 5.02 Å². The molecule has 5 nitrogen and oxygen atoms in total. The van der Waals surface area contributed by atoms with E-state index < -0.39 is 0 Å². The highest BCUT2D eigenvalue weighted by molar-refractivity contribution is 7.78. The summed E-state index contributed by atoms with van der Waals surface area (Å²) >= 11 is 12.2. The predicted octanol–water partition coefficient (Wildman–Crippen LogP) is 3.67. The van der Waals surface area contributed by atoms with Gasteiger partial charge in [-0.05, 0) is 59.3 Å². The van der Waals surface area contributed by atoms with Crippen LogP contribution in [0.15, 0.2) is 29.6 Å². The lowest BCUT2D eigenvalue weighted by Gasteiger charge is -2.12. The summed E-state index contributed by atoms with van der Waals surface area (Å²) in [5.74, 6) is 0.576. The zero-order chi connectivity index (χ0) is 14.8. The number of halogens is 1. The number of anilines is 1. The van der Waals surface area contributed by atoms with Crippen LogP contribution in [0.1, 0.15) is 10.4 Å². The summed E-state index contributed by atoms with van der Waals surface area (Å²) in [5, 5.41) is 17.5. The number of aromatic nitrogens is 4. The summed E-state index contributed by atoms with van der Waals surface area (Å²) in [7, 11) is 0. The minimum Gasteiger partial charge on any atom is -0.380 e. The van der Waals surface area contributed by atoms with Gasteiger partial charge < -0.3 is 5.32 Å². The Hall–Kier alpha value is -1.57. The molecule has 0 amide bonds. The molecule has 0 spiro atoms. The number of thiophene rings is 1. The molecular weight excluding hydrogens is 326 g/mol. The fourth-order valence-corrected chi connectivity index (χ4v) is 2.94. The number of hydrogen-bond donors (Lipinski definition) is 2. The molecule has 0 atom stereocenters. The summed E-state index contributed by atoms with van der Waals surface area (Å²) in [6.07, 6.45) is 0. The molecule has 0 bridgehead atoms. The van der Waals surface area contributed by atoms with Crippen LogP contribution >= 0.6 is 35.8 Å². The zero-order valence-corrected chi connectivity index (χ0v) is 13.6. The number of tetrazole rings is 1. The predicted molar refractivity (Wildman–Crippen MR) is 89.0 cm³/mol. The van der Waals surface area contributed by atoms with E-state index in [9.17, 15) is 0 Å². The highest BCUT2D eigenvalue weighted by atomic mass is 35.5. The van der Waals surface area contributed by atoms with Gasteiger partial charge in [0.05, 0.1) is 0 Å². The number of hydrogen-bond acceptors (Lipinski definition) is 6. The maximum absolute atomic E-state index is 6.23. The van der Waals surface area contributed by atoms with Crippen molar-refractivity contribution >= 4 is 41.4 Å². The van der Waals surface area contributed by atoms with Crippen LogP contribution in [0.5, 0.6) is 0 Å². The molecule has 0 unspecified atom stereocenters. The Balaban J connectivity index is 1.98. The van der Waals surface area contributed by atoms with Crippen LogP contribution in [0.3, 0.4) is 0 Å². The maximum Gasteiger partial charge on any atom is 0.195 e. The van der Waals surface area contributed by atoms with Gasteiger partial charge in [-0.1, -0.05) is 17.7 Å². The molecular formula is C13H12ClN5S2. The summed E-state index contributed by atoms with van der Waals surface area (Å²) in [4.78, 5) is 1.24. The fourth-order valence-electron chi connectivity index (χ4n) is 1.95. The number of benzene rings is 1. The SMILES string of the molecule is Cc1cc(-c2nnnn2S)c(NCc2cccs2)cc1Cl. The van der Waals surface area contributed by atoms with E-state index in [1.807, 2.05) is 30.5 Å². The quantitative estimate of drug-likeness (QED) is 0.713. The Morgan fingerprint density at radius 1 is 1.43 bits per heavy atom. The molecule has 3 rings (SSSR count). The summed E-state index contributed by atoms with van der Waals surface area (Å²) in [5.41, 5.74) is 2.71. The Bertz CT molecular complexity index is 754. The second-order valence-corrected chi connectivity index (χ2v) is 6.29. The van der Waals surface area contributed by atoms with Crippen LogP contribution < -0.4 is 5.32 Å². The van der Waals surface area contributed by atoms with Crippen molar-refractivity contribution in [3.8, 4) is 11.4 Å². The van der Waals surface area contributed by atoms with E-state index in [0.717, 1.165) is 23.4 Å². The molecule has 0 radical (unpaired) electrons. The Morgan fingerprint density at radius 3 is 2.95 bits per heavy atom. The first kappa shape index (κ1) is 14.4. The van der Waals surface area contributed by atoms with E-state index in [1.165, 1.54) is 8.96 Å². The van der Waals surface area contributed by atoms with E-state index in [4.69, 9.17) is 11.6 Å². The standard InChI is InChI=1S/C13H12ClN5S2/c1-8-5-10(13-16-17-18-19(13)20)12(6-11(8)14)15-7-9-3-2-4-21-9/h2-6,15,20H,7H2,1H3. The van der Waals surface area contributed by atoms with E-state index >= 15 is 0 Å². The molecule has 2 heterocycles. The van der Waals surface area contributed by atoms with Crippen molar-refractivity contribution in [3.05, 3.63) is 45.1 Å². The third-order valence-electron chi connectivity index (χ3n) is 3.03. The van der Waals surface area contributed by atoms with Crippen molar-refractivity contribution < 1.29 is 0 Å². The number of nitrogens with one attached hydrogen (secondary N) is 1. The second-order valence-electron chi connectivity index (χ2n) is 4.47. The van der Waals surface area contributed by atoms with E-state index in [0.29, 0.717) is 10.8 Å². The third-order valence-corrected chi connectivity index (χ3v) is 4.58. The maximum atomic E-state index is 6.23. The van der Waals surface area contributed by atoms with Gasteiger partial charge in [-0.15, -0.1) is 16.4 Å². The van der Waals surface area contributed by atoms with Gasteiger partial charge in [0, 0.05) is 27.7 Å². The van der Waals surface area contributed by atoms with Crippen LogP contribution in [-0.2, 0) is 6.54 Å². The van der Waals surface area contributed by atoms with Gasteiger partial charge in [-0.2, -0.15) is 4.09 Å². The molecule has 1 aromatic carbocycles. The topological polar surface area (TPSA) is 55.6 Å². The molecule has 1 N–H and O–H groups in total. The molecule has 8 heteroatoms. The molecule has 0 aliphatic heterocycles. The average Bonchev–Trinajstić information content (AvgIpc) is 3.11. The number of nitrogens with zero attached hydrogens (tertiary/aromatic N) is 4. The van der Waals surface area contributed by atoms with Crippen molar-refractivity contribution in [3.63, 3.8) is 0 Å². The van der Waals surface area contributed by atoms with E-state index in [2.05, 4.69) is 39.7 Å². The smallest absolute Gasteiger partial charge is 0.195 e. The second kappa shape index (κ2) is 6.05. The van der Waals surface area contributed by atoms with Crippen molar-refractivity contribution in [1.29, 1.82) is 0 Å². The first-order valence-corrected chi connectivity index (χ1v) is 7.85. The van der Waals surface area contributed by atoms with Crippen LogP contribution in [0, 0.1) is 6.92 Å². The number of aryl methyl sites for hydroxylation is 1. The largest absolute Gasteiger partial charge is 0.380 e. The molecule has 108 valence electrons. The minimum absolute atomic E-state index is 0.576. The molecule has 0 aliphatic rings. The van der Waals surface area contributed by atoms with Crippen LogP contribution in [-0.4, -0.2) is 19.6 Å². The average molecular weight is 338 g/mol. The highest BCUT2D eigenvalue weighted by Gasteiger charge is 2.14. The molecule has 21 heavy (non-hydrogen) atoms. The third kappa shape index (κ3) is 3.04. The fraction of sp³-hybridized carbons (Fsp3) is 0.154. The zero-order valence-electron chi connectivity index (χ0n) is 11.1. The van der Waals surface area contributed by atoms with E-state index in [1.54, 1.807) is 11.3 Å². The Kier molecular flexibility index (Phi) is 4.14. The van der Waals surface area contributed by atoms with Crippen LogP contribution in [0.4, 0.5) is 5.69 Å². The van der Waals surface area contributed by atoms with Crippen molar-refractivity contribution in [2.45, 2.75) is 13.5 Å². The van der Waals surface area contributed by atoms with Gasteiger partial charge in [0.1, 0.15) is 0 Å². The normalized spacial score (nSPS) is 10.8. The van der Waals surface area contributed by atoms with Crippen LogP contribution in [0.25, 0.3) is 11.4 Å². The summed E-state index contributed by atoms with van der Waals surface area (Å²) < 4.78 is 1.35. The van der Waals surface area contributed by atoms with Gasteiger partial charge in [0.15, 0.2) is 5.82 Å². The number of thiol groups is 1. The van der Waals surface area contributed by atoms with Crippen molar-refractivity contribution in [2.75, 3.05) is 5.32 Å². The molecule has 0 saturated heterocycles. The Morgan fingerprint density at radius 2 is 2.29 bits per heavy atom. The van der Waals surface area contributed by atoms with Gasteiger partial charge in [-0.3, -0.25) is 0 Å². The molecule has 0 fully saturated rings. The minimum atomic E-state index is 0.576. The first-order valence-electron chi connectivity index (χ1n) is 6.19. The van der Waals surface area contributed by atoms with Gasteiger partial charge in [0.25, 0.3) is 0 Å². The highest BCUT2D eigenvalue weighted by Crippen LogP contribution is 2.32. The van der Waals surface area contributed by atoms with E-state index in [-0.39, 0.29) is 0 Å². The molecule has 3 aromatic rings. The lowest BCUT2D eigenvalue weighted by molar-refractivity contribution is 0.857. The monoisotopic (exact) mass is 337 g/mol. The van der Waals surface area contributed by atoms with Gasteiger partial charge in [0.2, 0.25) is 0 Å². The molecule has 0 aliphatic carbocycles. The molecule has 2 aromatic heterocycles. The van der Waals surface area contributed by atoms with Crippen molar-refractivity contribution in [2.24, 2.45) is 0 Å². The first-order chi connectivity index (χ1) is 10.1. The Labute approximate surface area is 136 Å².